The average molecular weight is 304 g/mol. The number of hydrogen-bond acceptors (Lipinski definition) is 5. The third-order valence-electron chi connectivity index (χ3n) is 4.15. The van der Waals surface area contributed by atoms with E-state index in [-0.39, 0.29) is 29.0 Å². The number of ketones is 1. The van der Waals surface area contributed by atoms with Crippen LogP contribution in [0.5, 0.6) is 11.5 Å². The van der Waals surface area contributed by atoms with E-state index >= 15 is 0 Å². The molecule has 5 heteroatoms. The Balaban J connectivity index is 2.34. The highest BCUT2D eigenvalue weighted by atomic mass is 16.3. The van der Waals surface area contributed by atoms with Crippen molar-refractivity contribution in [2.75, 3.05) is 0 Å². The fourth-order valence-corrected chi connectivity index (χ4v) is 3.19. The summed E-state index contributed by atoms with van der Waals surface area (Å²) in [5.41, 5.74) is 1.19. The first-order valence-electron chi connectivity index (χ1n) is 7.05. The fraction of sp³-hybridized carbons (Fsp3) is 0.167. The van der Waals surface area contributed by atoms with Crippen molar-refractivity contribution >= 4 is 5.78 Å². The molecule has 0 aliphatic heterocycles. The van der Waals surface area contributed by atoms with E-state index in [4.69, 9.17) is 5.26 Å². The van der Waals surface area contributed by atoms with Crippen LogP contribution in [-0.4, -0.2) is 16.0 Å². The molecule has 0 saturated carbocycles. The summed E-state index contributed by atoms with van der Waals surface area (Å²) in [6.07, 6.45) is -0.0143. The topological polar surface area (TPSA) is 105 Å². The first-order valence-corrected chi connectivity index (χ1v) is 7.05. The number of hydrogen-bond donors (Lipinski definition) is 2. The number of carbonyl (C=O) groups is 1. The number of phenolic OH excluding ortho intramolecular Hbond substituents is 2. The highest BCUT2D eigenvalue weighted by molar-refractivity contribution is 6.15. The van der Waals surface area contributed by atoms with Crippen LogP contribution in [0.15, 0.2) is 36.4 Å². The van der Waals surface area contributed by atoms with Gasteiger partial charge < -0.3 is 10.2 Å². The van der Waals surface area contributed by atoms with Gasteiger partial charge in [0, 0.05) is 5.92 Å². The predicted molar refractivity (Wildman–Crippen MR) is 80.8 cm³/mol. The van der Waals surface area contributed by atoms with Crippen LogP contribution >= 0.6 is 0 Å². The molecule has 2 aromatic rings. The van der Waals surface area contributed by atoms with Crippen LogP contribution in [-0.2, 0) is 0 Å². The molecule has 3 rings (SSSR count). The zero-order valence-electron chi connectivity index (χ0n) is 12.0. The minimum absolute atomic E-state index is 0.0143. The quantitative estimate of drug-likeness (QED) is 0.887. The Morgan fingerprint density at radius 1 is 1.00 bits per heavy atom. The second-order valence-corrected chi connectivity index (χ2v) is 5.39. The van der Waals surface area contributed by atoms with E-state index in [1.165, 1.54) is 12.1 Å². The second kappa shape index (κ2) is 5.47. The van der Waals surface area contributed by atoms with E-state index in [0.29, 0.717) is 11.1 Å². The predicted octanol–water partition coefficient (Wildman–Crippen LogP) is 2.83. The molecule has 0 heterocycles. The van der Waals surface area contributed by atoms with Gasteiger partial charge in [-0.05, 0) is 23.3 Å². The Morgan fingerprint density at radius 2 is 1.52 bits per heavy atom. The summed E-state index contributed by atoms with van der Waals surface area (Å²) in [6.45, 7) is 0. The molecule has 0 radical (unpaired) electrons. The number of nitrogens with zero attached hydrogens (tertiary/aromatic N) is 2. The van der Waals surface area contributed by atoms with Crippen LogP contribution in [0.4, 0.5) is 0 Å². The van der Waals surface area contributed by atoms with Crippen LogP contribution in [0, 0.1) is 28.6 Å². The van der Waals surface area contributed by atoms with E-state index < -0.39 is 17.6 Å². The normalized spacial score (nSPS) is 14.3. The molecule has 0 spiro atoms. The number of carbonyl (C=O) groups excluding carboxylic acids is 1. The maximum absolute atomic E-state index is 12.7. The van der Waals surface area contributed by atoms with Gasteiger partial charge in [0.15, 0.2) is 0 Å². The van der Waals surface area contributed by atoms with E-state index in [1.54, 1.807) is 24.3 Å². The molecule has 1 aliphatic carbocycles. The van der Waals surface area contributed by atoms with Crippen LogP contribution in [0.3, 0.4) is 0 Å². The summed E-state index contributed by atoms with van der Waals surface area (Å²) < 4.78 is 0. The van der Waals surface area contributed by atoms with Crippen molar-refractivity contribution in [3.8, 4) is 23.6 Å². The Morgan fingerprint density at radius 3 is 1.96 bits per heavy atom. The van der Waals surface area contributed by atoms with Crippen molar-refractivity contribution in [1.29, 1.82) is 10.5 Å². The number of nitriles is 2. The molecular weight excluding hydrogens is 292 g/mol. The van der Waals surface area contributed by atoms with Gasteiger partial charge >= 0.3 is 0 Å². The second-order valence-electron chi connectivity index (χ2n) is 5.39. The standard InChI is InChI=1S/C18H12N2O3/c19-8-7-10(9-20)15-11-3-1-5-13(21)16(11)18(23)17-12(15)4-2-6-14(17)22/h1-6,10,15,21-22H,7H2/t10-/m0/s1. The first-order chi connectivity index (χ1) is 11.1. The van der Waals surface area contributed by atoms with Crippen molar-refractivity contribution in [2.45, 2.75) is 12.3 Å². The molecule has 1 atom stereocenters. The monoisotopic (exact) mass is 304 g/mol. The molecule has 0 amide bonds. The van der Waals surface area contributed by atoms with Crippen LogP contribution in [0.1, 0.15) is 39.4 Å². The summed E-state index contributed by atoms with van der Waals surface area (Å²) in [5.74, 6) is -2.10. The average Bonchev–Trinajstić information content (AvgIpc) is 2.53. The number of phenols is 2. The number of rotatable bonds is 2. The Bertz CT molecular complexity index is 835. The number of aromatic hydroxyl groups is 2. The van der Waals surface area contributed by atoms with E-state index in [0.717, 1.165) is 0 Å². The SMILES string of the molecule is N#CC[C@@H](C#N)C1c2cccc(O)c2C(=O)c2c(O)cccc21. The van der Waals surface area contributed by atoms with Crippen molar-refractivity contribution in [2.24, 2.45) is 5.92 Å². The molecule has 0 unspecified atom stereocenters. The maximum Gasteiger partial charge on any atom is 0.201 e. The van der Waals surface area contributed by atoms with Gasteiger partial charge in [-0.15, -0.1) is 0 Å². The van der Waals surface area contributed by atoms with Gasteiger partial charge in [-0.25, -0.2) is 0 Å². The van der Waals surface area contributed by atoms with E-state index in [9.17, 15) is 20.3 Å². The number of fused-ring (bicyclic) bond motifs is 2. The minimum atomic E-state index is -0.686. The van der Waals surface area contributed by atoms with Crippen LogP contribution < -0.4 is 0 Å². The summed E-state index contributed by atoms with van der Waals surface area (Å²) >= 11 is 0. The van der Waals surface area contributed by atoms with Gasteiger partial charge in [0.25, 0.3) is 0 Å². The molecule has 1 aliphatic rings. The fourth-order valence-electron chi connectivity index (χ4n) is 3.19. The molecule has 0 aromatic heterocycles. The largest absolute Gasteiger partial charge is 0.507 e. The molecule has 0 fully saturated rings. The highest BCUT2D eigenvalue weighted by Gasteiger charge is 2.38. The first kappa shape index (κ1) is 14.6. The Hall–Kier alpha value is -3.31. The molecule has 112 valence electrons. The summed E-state index contributed by atoms with van der Waals surface area (Å²) in [4.78, 5) is 12.7. The van der Waals surface area contributed by atoms with Gasteiger partial charge in [-0.2, -0.15) is 10.5 Å². The lowest BCUT2D eigenvalue weighted by molar-refractivity contribution is 0.102. The van der Waals surface area contributed by atoms with Crippen molar-refractivity contribution in [1.82, 2.24) is 0 Å². The summed E-state index contributed by atoms with van der Waals surface area (Å²) in [6, 6.07) is 13.4. The number of benzene rings is 2. The lowest BCUT2D eigenvalue weighted by Gasteiger charge is -2.30. The molecule has 2 N–H and O–H groups in total. The Labute approximate surface area is 132 Å². The van der Waals surface area contributed by atoms with Crippen LogP contribution in [0.25, 0.3) is 0 Å². The zero-order chi connectivity index (χ0) is 16.6. The molecule has 0 saturated heterocycles. The van der Waals surface area contributed by atoms with Crippen LogP contribution in [0.2, 0.25) is 0 Å². The maximum atomic E-state index is 12.7. The Kier molecular flexibility index (Phi) is 3.48. The van der Waals surface area contributed by atoms with E-state index in [2.05, 4.69) is 6.07 Å². The molecule has 0 bridgehead atoms. The van der Waals surface area contributed by atoms with Gasteiger partial charge in [0.2, 0.25) is 5.78 Å². The van der Waals surface area contributed by atoms with Gasteiger partial charge in [-0.3, -0.25) is 4.79 Å². The molecule has 23 heavy (non-hydrogen) atoms. The van der Waals surface area contributed by atoms with E-state index in [1.807, 2.05) is 6.07 Å². The minimum Gasteiger partial charge on any atom is -0.507 e. The third kappa shape index (κ3) is 2.11. The summed E-state index contributed by atoms with van der Waals surface area (Å²) in [7, 11) is 0. The summed E-state index contributed by atoms with van der Waals surface area (Å²) in [5, 5.41) is 38.6. The lowest BCUT2D eigenvalue weighted by Crippen LogP contribution is -2.24. The van der Waals surface area contributed by atoms with Crippen molar-refractivity contribution in [3.63, 3.8) is 0 Å². The van der Waals surface area contributed by atoms with Gasteiger partial charge in [0.1, 0.15) is 11.5 Å². The van der Waals surface area contributed by atoms with Gasteiger partial charge in [-0.1, -0.05) is 24.3 Å². The lowest BCUT2D eigenvalue weighted by atomic mass is 9.71. The molecule has 5 nitrogen and oxygen atoms in total. The van der Waals surface area contributed by atoms with Gasteiger partial charge in [0.05, 0.1) is 35.6 Å². The van der Waals surface area contributed by atoms with Crippen molar-refractivity contribution in [3.05, 3.63) is 58.7 Å². The van der Waals surface area contributed by atoms with Crippen molar-refractivity contribution < 1.29 is 15.0 Å². The third-order valence-corrected chi connectivity index (χ3v) is 4.15. The molecule has 2 aromatic carbocycles. The zero-order valence-corrected chi connectivity index (χ0v) is 12.0. The highest BCUT2D eigenvalue weighted by Crippen LogP contribution is 2.46. The molecular formula is C18H12N2O3. The smallest absolute Gasteiger partial charge is 0.201 e.